The maximum absolute atomic E-state index is 2.76. The van der Waals surface area contributed by atoms with Crippen LogP contribution in [0.4, 0.5) is 5.69 Å². The summed E-state index contributed by atoms with van der Waals surface area (Å²) in [6.45, 7) is 7.04. The molecule has 0 unspecified atom stereocenters. The summed E-state index contributed by atoms with van der Waals surface area (Å²) >= 11 is -2.12. The molecule has 0 amide bonds. The summed E-state index contributed by atoms with van der Waals surface area (Å²) in [5, 5.41) is 0. The van der Waals surface area contributed by atoms with Crippen molar-refractivity contribution >= 4 is 30.1 Å². The molecule has 0 heterocycles. The Balaban J connectivity index is 2.93. The Morgan fingerprint density at radius 3 is 1.62 bits per heavy atom. The van der Waals surface area contributed by atoms with Gasteiger partial charge in [0.05, 0.1) is 0 Å². The molecular formula is C22H39NSn. The molecule has 1 nitrogen and oxygen atoms in total. The van der Waals surface area contributed by atoms with Crippen LogP contribution in [0.15, 0.2) is 28.4 Å². The Kier molecular flexibility index (Phi) is 10.8. The molecule has 2 heteroatoms. The summed E-state index contributed by atoms with van der Waals surface area (Å²) in [5.41, 5.74) is 2.66. The summed E-state index contributed by atoms with van der Waals surface area (Å²) in [7, 11) is 4.21. The van der Waals surface area contributed by atoms with Crippen LogP contribution in [0, 0.1) is 0 Å². The Bertz CT molecular complexity index is 440. The molecule has 1 rings (SSSR count). The molecule has 0 bridgehead atoms. The minimum absolute atomic E-state index is 1.28. The summed E-state index contributed by atoms with van der Waals surface area (Å²) < 4.78 is 7.42. The van der Waals surface area contributed by atoms with Gasteiger partial charge in [-0.3, -0.25) is 0 Å². The first-order valence-corrected chi connectivity index (χ1v) is 17.7. The number of hydrogen-bond acceptors (Lipinski definition) is 1. The number of rotatable bonds is 12. The predicted molar refractivity (Wildman–Crippen MR) is 115 cm³/mol. The zero-order chi connectivity index (χ0) is 17.8. The second-order valence-electron chi connectivity index (χ2n) is 7.49. The van der Waals surface area contributed by atoms with E-state index in [0.29, 0.717) is 0 Å². The molecule has 136 valence electrons. The summed E-state index contributed by atoms with van der Waals surface area (Å²) in [6, 6.07) is 9.03. The molecule has 0 atom stereocenters. The summed E-state index contributed by atoms with van der Waals surface area (Å²) in [4.78, 5) is 2.17. The minimum atomic E-state index is -2.12. The van der Waals surface area contributed by atoms with Crippen LogP contribution in [0.2, 0.25) is 13.3 Å². The molecular weight excluding hydrogens is 397 g/mol. The van der Waals surface area contributed by atoms with Crippen LogP contribution in [0.25, 0.3) is 6.08 Å². The third-order valence-electron chi connectivity index (χ3n) is 5.12. The first-order valence-electron chi connectivity index (χ1n) is 10.0. The first kappa shape index (κ1) is 21.6. The van der Waals surface area contributed by atoms with Crippen molar-refractivity contribution in [2.45, 2.75) is 72.6 Å². The van der Waals surface area contributed by atoms with Gasteiger partial charge < -0.3 is 0 Å². The van der Waals surface area contributed by atoms with Gasteiger partial charge in [-0.2, -0.15) is 0 Å². The van der Waals surface area contributed by atoms with Crippen molar-refractivity contribution in [2.24, 2.45) is 0 Å². The fraction of sp³-hybridized carbons (Fsp3) is 0.636. The van der Waals surface area contributed by atoms with E-state index in [2.05, 4.69) is 74.2 Å². The van der Waals surface area contributed by atoms with Crippen LogP contribution < -0.4 is 4.90 Å². The van der Waals surface area contributed by atoms with Gasteiger partial charge in [0.2, 0.25) is 0 Å². The molecule has 1 aromatic carbocycles. The summed E-state index contributed by atoms with van der Waals surface area (Å²) in [5.74, 6) is 0. The second-order valence-corrected chi connectivity index (χ2v) is 20.5. The van der Waals surface area contributed by atoms with E-state index in [9.17, 15) is 0 Å². The van der Waals surface area contributed by atoms with Crippen molar-refractivity contribution < 1.29 is 0 Å². The van der Waals surface area contributed by atoms with Gasteiger partial charge in [0, 0.05) is 0 Å². The molecule has 0 N–H and O–H groups in total. The molecule has 0 aliphatic heterocycles. The van der Waals surface area contributed by atoms with Crippen molar-refractivity contribution in [3.63, 3.8) is 0 Å². The number of nitrogens with zero attached hydrogens (tertiary/aromatic N) is 1. The molecule has 24 heavy (non-hydrogen) atoms. The third-order valence-corrected chi connectivity index (χ3v) is 19.2. The standard InChI is InChI=1S/C10H12N.3C4H9.Sn/c1-4-9-5-7-10(8-6-9)11(2)3;3*1-3-4-2;/h1,4-8H,2-3H3;3*1,3-4H2,2H3;. The fourth-order valence-electron chi connectivity index (χ4n) is 3.37. The molecule has 0 fully saturated rings. The van der Waals surface area contributed by atoms with Crippen LogP contribution in [0.1, 0.15) is 64.9 Å². The van der Waals surface area contributed by atoms with Crippen molar-refractivity contribution in [1.82, 2.24) is 0 Å². The molecule has 0 radical (unpaired) electrons. The van der Waals surface area contributed by atoms with E-state index in [1.807, 2.05) is 0 Å². The Hall–Kier alpha value is -0.441. The van der Waals surface area contributed by atoms with E-state index in [-0.39, 0.29) is 0 Å². The zero-order valence-electron chi connectivity index (χ0n) is 16.8. The van der Waals surface area contributed by atoms with Gasteiger partial charge in [-0.15, -0.1) is 0 Å². The molecule has 0 spiro atoms. The summed E-state index contributed by atoms with van der Waals surface area (Å²) in [6.07, 6.45) is 10.8. The number of anilines is 1. The Labute approximate surface area is 155 Å². The Morgan fingerprint density at radius 1 is 0.792 bits per heavy atom. The van der Waals surface area contributed by atoms with Gasteiger partial charge in [0.15, 0.2) is 0 Å². The van der Waals surface area contributed by atoms with Crippen LogP contribution in [-0.4, -0.2) is 32.5 Å². The normalized spacial score (nSPS) is 12.0. The number of benzene rings is 1. The van der Waals surface area contributed by atoms with Crippen LogP contribution in [0.5, 0.6) is 0 Å². The third kappa shape index (κ3) is 7.63. The van der Waals surface area contributed by atoms with E-state index < -0.39 is 18.4 Å². The van der Waals surface area contributed by atoms with E-state index >= 15 is 0 Å². The topological polar surface area (TPSA) is 3.24 Å². The van der Waals surface area contributed by atoms with Gasteiger partial charge >= 0.3 is 156 Å². The quantitative estimate of drug-likeness (QED) is 0.315. The molecule has 0 saturated heterocycles. The Morgan fingerprint density at radius 2 is 1.25 bits per heavy atom. The second kappa shape index (κ2) is 12.0. The SMILES string of the molecule is CCC[CH2][Sn](/[CH]=C/c1ccc(N(C)C)cc1)([CH2]CCC)[CH2]CCC. The van der Waals surface area contributed by atoms with Crippen molar-refractivity contribution in [2.75, 3.05) is 19.0 Å². The van der Waals surface area contributed by atoms with Crippen LogP contribution in [0.3, 0.4) is 0 Å². The molecule has 1 aromatic rings. The van der Waals surface area contributed by atoms with E-state index in [0.717, 1.165) is 0 Å². The van der Waals surface area contributed by atoms with Crippen LogP contribution >= 0.6 is 0 Å². The van der Waals surface area contributed by atoms with Crippen molar-refractivity contribution in [3.8, 4) is 0 Å². The number of unbranched alkanes of at least 4 members (excludes halogenated alkanes) is 3. The van der Waals surface area contributed by atoms with E-state index in [1.54, 1.807) is 13.3 Å². The molecule has 0 saturated carbocycles. The van der Waals surface area contributed by atoms with Gasteiger partial charge in [-0.1, -0.05) is 0 Å². The van der Waals surface area contributed by atoms with Gasteiger partial charge in [-0.05, 0) is 0 Å². The molecule has 0 aliphatic carbocycles. The zero-order valence-corrected chi connectivity index (χ0v) is 19.6. The monoisotopic (exact) mass is 437 g/mol. The van der Waals surface area contributed by atoms with E-state index in [4.69, 9.17) is 0 Å². The first-order chi connectivity index (χ1) is 11.6. The van der Waals surface area contributed by atoms with Gasteiger partial charge in [0.1, 0.15) is 0 Å². The van der Waals surface area contributed by atoms with E-state index in [1.165, 1.54) is 49.8 Å². The van der Waals surface area contributed by atoms with Crippen molar-refractivity contribution in [1.29, 1.82) is 0 Å². The average molecular weight is 436 g/mol. The molecule has 0 aromatic heterocycles. The molecule has 0 aliphatic rings. The maximum atomic E-state index is 2.76. The fourth-order valence-corrected chi connectivity index (χ4v) is 17.6. The predicted octanol–water partition coefficient (Wildman–Crippen LogP) is 7.15. The average Bonchev–Trinajstić information content (AvgIpc) is 2.61. The van der Waals surface area contributed by atoms with Gasteiger partial charge in [0.25, 0.3) is 0 Å². The van der Waals surface area contributed by atoms with Crippen molar-refractivity contribution in [3.05, 3.63) is 33.9 Å². The van der Waals surface area contributed by atoms with Crippen LogP contribution in [-0.2, 0) is 0 Å². The number of hydrogen-bond donors (Lipinski definition) is 0. The van der Waals surface area contributed by atoms with Gasteiger partial charge in [-0.25, -0.2) is 0 Å².